The second-order valence-corrected chi connectivity index (χ2v) is 5.05. The zero-order chi connectivity index (χ0) is 15.2. The van der Waals surface area contributed by atoms with Crippen molar-refractivity contribution in [2.45, 2.75) is 33.1 Å². The first-order valence-electron chi connectivity index (χ1n) is 7.32. The molecule has 0 spiro atoms. The van der Waals surface area contributed by atoms with Crippen LogP contribution in [0.15, 0.2) is 42.5 Å². The van der Waals surface area contributed by atoms with Crippen LogP contribution >= 0.6 is 0 Å². The molecule has 0 aliphatic rings. The summed E-state index contributed by atoms with van der Waals surface area (Å²) in [5.41, 5.74) is 4.05. The number of carbonyl (C=O) groups is 1. The Kier molecular flexibility index (Phi) is 4.99. The molecule has 0 atom stereocenters. The Morgan fingerprint density at radius 2 is 1.67 bits per heavy atom. The molecule has 0 radical (unpaired) electrons. The van der Waals surface area contributed by atoms with Gasteiger partial charge in [0.1, 0.15) is 5.75 Å². The van der Waals surface area contributed by atoms with Crippen LogP contribution in [0.5, 0.6) is 5.75 Å². The van der Waals surface area contributed by atoms with Gasteiger partial charge in [-0.25, -0.2) is 0 Å². The molecule has 0 bridgehead atoms. The average molecular weight is 283 g/mol. The summed E-state index contributed by atoms with van der Waals surface area (Å²) in [6.07, 6.45) is 2.03. The number of aryl methyl sites for hydroxylation is 2. The fourth-order valence-corrected chi connectivity index (χ4v) is 2.44. The summed E-state index contributed by atoms with van der Waals surface area (Å²) < 4.78 is 0. The number of para-hydroxylation sites is 1. The van der Waals surface area contributed by atoms with Gasteiger partial charge in [0.2, 0.25) is 5.91 Å². The van der Waals surface area contributed by atoms with Gasteiger partial charge in [-0.15, -0.1) is 0 Å². The van der Waals surface area contributed by atoms with Gasteiger partial charge in [-0.1, -0.05) is 44.2 Å². The Morgan fingerprint density at radius 3 is 2.24 bits per heavy atom. The zero-order valence-electron chi connectivity index (χ0n) is 12.5. The van der Waals surface area contributed by atoms with Crippen LogP contribution in [0.1, 0.15) is 30.5 Å². The van der Waals surface area contributed by atoms with Gasteiger partial charge in [-0.2, -0.15) is 0 Å². The number of phenolic OH excluding ortho intramolecular Hbond substituents is 1. The lowest BCUT2D eigenvalue weighted by atomic mass is 10.0. The molecule has 0 aliphatic carbocycles. The SMILES string of the molecule is CCc1cccc(CC)c1NC(=O)Cc1cccc(O)c1. The number of rotatable bonds is 5. The zero-order valence-corrected chi connectivity index (χ0v) is 12.5. The van der Waals surface area contributed by atoms with Crippen molar-refractivity contribution >= 4 is 11.6 Å². The van der Waals surface area contributed by atoms with Crippen LogP contribution in [0.2, 0.25) is 0 Å². The number of phenols is 1. The van der Waals surface area contributed by atoms with Gasteiger partial charge in [-0.3, -0.25) is 4.79 Å². The highest BCUT2D eigenvalue weighted by molar-refractivity contribution is 5.93. The van der Waals surface area contributed by atoms with Gasteiger partial charge in [-0.05, 0) is 41.7 Å². The molecule has 110 valence electrons. The van der Waals surface area contributed by atoms with E-state index < -0.39 is 0 Å². The van der Waals surface area contributed by atoms with E-state index in [9.17, 15) is 9.90 Å². The van der Waals surface area contributed by atoms with E-state index in [0.717, 1.165) is 35.2 Å². The maximum atomic E-state index is 12.2. The highest BCUT2D eigenvalue weighted by atomic mass is 16.3. The van der Waals surface area contributed by atoms with E-state index >= 15 is 0 Å². The third-order valence-corrected chi connectivity index (χ3v) is 3.54. The summed E-state index contributed by atoms with van der Waals surface area (Å²) in [5, 5.41) is 12.5. The molecule has 3 heteroatoms. The topological polar surface area (TPSA) is 49.3 Å². The van der Waals surface area contributed by atoms with Gasteiger partial charge in [0, 0.05) is 5.69 Å². The predicted octanol–water partition coefficient (Wildman–Crippen LogP) is 3.70. The minimum absolute atomic E-state index is 0.0591. The standard InChI is InChI=1S/C18H21NO2/c1-3-14-8-6-9-15(4-2)18(14)19-17(21)12-13-7-5-10-16(20)11-13/h5-11,20H,3-4,12H2,1-2H3,(H,19,21). The molecule has 0 aromatic heterocycles. The van der Waals surface area contributed by atoms with Crippen LogP contribution in [0.4, 0.5) is 5.69 Å². The van der Waals surface area contributed by atoms with Gasteiger partial charge in [0.05, 0.1) is 6.42 Å². The van der Waals surface area contributed by atoms with E-state index in [2.05, 4.69) is 19.2 Å². The molecule has 3 nitrogen and oxygen atoms in total. The molecule has 2 aromatic carbocycles. The Balaban J connectivity index is 2.16. The van der Waals surface area contributed by atoms with Gasteiger partial charge in [0.15, 0.2) is 0 Å². The molecule has 0 unspecified atom stereocenters. The number of benzene rings is 2. The van der Waals surface area contributed by atoms with Gasteiger partial charge in [0.25, 0.3) is 0 Å². The maximum absolute atomic E-state index is 12.2. The molecule has 2 N–H and O–H groups in total. The van der Waals surface area contributed by atoms with Crippen molar-refractivity contribution in [3.05, 3.63) is 59.2 Å². The van der Waals surface area contributed by atoms with Gasteiger partial charge < -0.3 is 10.4 Å². The fourth-order valence-electron chi connectivity index (χ4n) is 2.44. The van der Waals surface area contributed by atoms with Crippen molar-refractivity contribution in [3.8, 4) is 5.75 Å². The van der Waals surface area contributed by atoms with Crippen molar-refractivity contribution < 1.29 is 9.90 Å². The Labute approximate surface area is 125 Å². The number of anilines is 1. The van der Waals surface area contributed by atoms with E-state index in [1.807, 2.05) is 24.3 Å². The number of amides is 1. The molecule has 2 aromatic rings. The first-order valence-corrected chi connectivity index (χ1v) is 7.32. The summed E-state index contributed by atoms with van der Waals surface area (Å²) in [4.78, 5) is 12.2. The number of nitrogens with one attached hydrogen (secondary N) is 1. The van der Waals surface area contributed by atoms with Crippen molar-refractivity contribution in [2.24, 2.45) is 0 Å². The highest BCUT2D eigenvalue weighted by Crippen LogP contribution is 2.23. The molecular weight excluding hydrogens is 262 g/mol. The minimum Gasteiger partial charge on any atom is -0.508 e. The number of carbonyl (C=O) groups excluding carboxylic acids is 1. The summed E-state index contributed by atoms with van der Waals surface area (Å²) in [5.74, 6) is 0.125. The monoisotopic (exact) mass is 283 g/mol. The lowest BCUT2D eigenvalue weighted by Crippen LogP contribution is -2.16. The van der Waals surface area contributed by atoms with Crippen LogP contribution in [0, 0.1) is 0 Å². The molecular formula is C18H21NO2. The van der Waals surface area contributed by atoms with Crippen molar-refractivity contribution in [3.63, 3.8) is 0 Å². The molecule has 0 fully saturated rings. The number of aromatic hydroxyl groups is 1. The Morgan fingerprint density at radius 1 is 1.05 bits per heavy atom. The molecule has 0 saturated heterocycles. The first kappa shape index (κ1) is 15.1. The quantitative estimate of drug-likeness (QED) is 0.879. The van der Waals surface area contributed by atoms with Crippen LogP contribution in [-0.2, 0) is 24.1 Å². The second kappa shape index (κ2) is 6.93. The van der Waals surface area contributed by atoms with E-state index in [1.54, 1.807) is 18.2 Å². The van der Waals surface area contributed by atoms with E-state index in [4.69, 9.17) is 0 Å². The second-order valence-electron chi connectivity index (χ2n) is 5.05. The smallest absolute Gasteiger partial charge is 0.228 e. The van der Waals surface area contributed by atoms with Crippen LogP contribution in [0.25, 0.3) is 0 Å². The Bertz CT molecular complexity index is 613. The van der Waals surface area contributed by atoms with Crippen molar-refractivity contribution in [1.82, 2.24) is 0 Å². The molecule has 0 saturated carbocycles. The lowest BCUT2D eigenvalue weighted by Gasteiger charge is -2.14. The van der Waals surface area contributed by atoms with Crippen LogP contribution in [-0.4, -0.2) is 11.0 Å². The molecule has 1 amide bonds. The predicted molar refractivity (Wildman–Crippen MR) is 85.6 cm³/mol. The maximum Gasteiger partial charge on any atom is 0.228 e. The molecule has 2 rings (SSSR count). The van der Waals surface area contributed by atoms with Crippen molar-refractivity contribution in [1.29, 1.82) is 0 Å². The Hall–Kier alpha value is -2.29. The molecule has 0 aliphatic heterocycles. The minimum atomic E-state index is -0.0591. The normalized spacial score (nSPS) is 10.4. The molecule has 0 heterocycles. The van der Waals surface area contributed by atoms with Crippen molar-refractivity contribution in [2.75, 3.05) is 5.32 Å². The number of hydrogen-bond donors (Lipinski definition) is 2. The first-order chi connectivity index (χ1) is 10.1. The third-order valence-electron chi connectivity index (χ3n) is 3.54. The summed E-state index contributed by atoms with van der Waals surface area (Å²) in [6.45, 7) is 4.17. The lowest BCUT2D eigenvalue weighted by molar-refractivity contribution is -0.115. The van der Waals surface area contributed by atoms with E-state index in [0.29, 0.717) is 0 Å². The third kappa shape index (κ3) is 3.85. The summed E-state index contributed by atoms with van der Waals surface area (Å²) in [6, 6.07) is 12.9. The van der Waals surface area contributed by atoms with E-state index in [1.165, 1.54) is 0 Å². The number of hydrogen-bond acceptors (Lipinski definition) is 2. The summed E-state index contributed by atoms with van der Waals surface area (Å²) in [7, 11) is 0. The largest absolute Gasteiger partial charge is 0.508 e. The van der Waals surface area contributed by atoms with Crippen LogP contribution < -0.4 is 5.32 Å². The van der Waals surface area contributed by atoms with Gasteiger partial charge >= 0.3 is 0 Å². The van der Waals surface area contributed by atoms with Crippen LogP contribution in [0.3, 0.4) is 0 Å². The average Bonchev–Trinajstić information content (AvgIpc) is 2.47. The summed E-state index contributed by atoms with van der Waals surface area (Å²) >= 11 is 0. The van der Waals surface area contributed by atoms with E-state index in [-0.39, 0.29) is 18.1 Å². The molecule has 21 heavy (non-hydrogen) atoms. The highest BCUT2D eigenvalue weighted by Gasteiger charge is 2.10. The fraction of sp³-hybridized carbons (Fsp3) is 0.278.